The summed E-state index contributed by atoms with van der Waals surface area (Å²) < 4.78 is 0. The number of hydrogen-bond acceptors (Lipinski definition) is 3. The summed E-state index contributed by atoms with van der Waals surface area (Å²) in [6, 6.07) is 7.92. The molecule has 2 bridgehead atoms. The number of nitrogens with zero attached hydrogens (tertiary/aromatic N) is 1. The smallest absolute Gasteiger partial charge is 0.0994 e. The average Bonchev–Trinajstić information content (AvgIpc) is 2.69. The number of aliphatic hydroxyl groups is 1. The van der Waals surface area contributed by atoms with Crippen LogP contribution in [0.15, 0.2) is 18.2 Å². The van der Waals surface area contributed by atoms with Gasteiger partial charge in [0.15, 0.2) is 0 Å². The van der Waals surface area contributed by atoms with Gasteiger partial charge in [0.05, 0.1) is 17.2 Å². The van der Waals surface area contributed by atoms with Crippen LogP contribution in [-0.4, -0.2) is 15.6 Å². The van der Waals surface area contributed by atoms with E-state index in [4.69, 9.17) is 5.26 Å². The summed E-state index contributed by atoms with van der Waals surface area (Å²) in [7, 11) is 0. The van der Waals surface area contributed by atoms with Crippen LogP contribution in [0.25, 0.3) is 0 Å². The van der Waals surface area contributed by atoms with Crippen LogP contribution in [0.5, 0.6) is 0 Å². The number of thioether (sulfide) groups is 1. The topological polar surface area (TPSA) is 44.0 Å². The number of nitriles is 1. The van der Waals surface area contributed by atoms with E-state index in [1.54, 1.807) is 0 Å². The van der Waals surface area contributed by atoms with Crippen molar-refractivity contribution in [1.29, 1.82) is 5.26 Å². The molecule has 3 rings (SSSR count). The van der Waals surface area contributed by atoms with Crippen LogP contribution in [0.3, 0.4) is 0 Å². The molecule has 2 unspecified atom stereocenters. The van der Waals surface area contributed by atoms with E-state index in [0.717, 1.165) is 24.0 Å². The summed E-state index contributed by atoms with van der Waals surface area (Å²) in [5, 5.41) is 21.3. The molecule has 2 fully saturated rings. The Hall–Kier alpha value is -0.980. The third-order valence-electron chi connectivity index (χ3n) is 4.28. The van der Waals surface area contributed by atoms with E-state index in [1.165, 1.54) is 12.8 Å². The predicted octanol–water partition coefficient (Wildman–Crippen LogP) is 3.11. The lowest BCUT2D eigenvalue weighted by molar-refractivity contribution is 0.0190. The molecule has 2 aliphatic rings. The van der Waals surface area contributed by atoms with E-state index in [2.05, 4.69) is 6.07 Å². The molecule has 2 aliphatic heterocycles. The first-order valence-corrected chi connectivity index (χ1v) is 7.45. The number of benzene rings is 1. The van der Waals surface area contributed by atoms with Crippen molar-refractivity contribution in [2.24, 2.45) is 0 Å². The average molecular weight is 259 g/mol. The van der Waals surface area contributed by atoms with E-state index < -0.39 is 5.60 Å². The molecule has 0 radical (unpaired) electrons. The van der Waals surface area contributed by atoms with Gasteiger partial charge in [0.2, 0.25) is 0 Å². The molecule has 2 saturated heterocycles. The molecule has 18 heavy (non-hydrogen) atoms. The second-order valence-electron chi connectivity index (χ2n) is 5.49. The largest absolute Gasteiger partial charge is 0.385 e. The van der Waals surface area contributed by atoms with E-state index in [9.17, 15) is 5.11 Å². The zero-order valence-corrected chi connectivity index (χ0v) is 11.3. The second-order valence-corrected chi connectivity index (χ2v) is 7.09. The lowest BCUT2D eigenvalue weighted by atomic mass is 9.82. The van der Waals surface area contributed by atoms with Crippen molar-refractivity contribution in [3.63, 3.8) is 0 Å². The van der Waals surface area contributed by atoms with Crippen molar-refractivity contribution < 1.29 is 5.11 Å². The molecule has 94 valence electrons. The Morgan fingerprint density at radius 2 is 2.00 bits per heavy atom. The zero-order valence-electron chi connectivity index (χ0n) is 10.5. The van der Waals surface area contributed by atoms with Crippen LogP contribution in [-0.2, 0) is 5.60 Å². The van der Waals surface area contributed by atoms with Gasteiger partial charge in [-0.1, -0.05) is 12.1 Å². The van der Waals surface area contributed by atoms with Crippen LogP contribution >= 0.6 is 11.8 Å². The monoisotopic (exact) mass is 259 g/mol. The highest BCUT2D eigenvalue weighted by molar-refractivity contribution is 8.00. The van der Waals surface area contributed by atoms with E-state index in [1.807, 2.05) is 36.9 Å². The van der Waals surface area contributed by atoms with Gasteiger partial charge in [0, 0.05) is 10.5 Å². The normalized spacial score (nSPS) is 34.3. The Morgan fingerprint density at radius 1 is 1.33 bits per heavy atom. The summed E-state index contributed by atoms with van der Waals surface area (Å²) in [5.41, 5.74) is 1.90. The SMILES string of the molecule is Cc1c(C#N)cccc1C1(O)CC2CCC(C1)S2. The highest BCUT2D eigenvalue weighted by atomic mass is 32.2. The highest BCUT2D eigenvalue weighted by Crippen LogP contribution is 2.51. The molecule has 0 amide bonds. The van der Waals surface area contributed by atoms with Crippen molar-refractivity contribution in [3.8, 4) is 6.07 Å². The van der Waals surface area contributed by atoms with Crippen molar-refractivity contribution >= 4 is 11.8 Å². The maximum absolute atomic E-state index is 11.0. The van der Waals surface area contributed by atoms with Gasteiger partial charge < -0.3 is 5.11 Å². The summed E-state index contributed by atoms with van der Waals surface area (Å²) in [4.78, 5) is 0. The third kappa shape index (κ3) is 1.84. The molecule has 0 spiro atoms. The minimum absolute atomic E-state index is 0.596. The second kappa shape index (κ2) is 4.29. The molecule has 0 aliphatic carbocycles. The van der Waals surface area contributed by atoms with Gasteiger partial charge in [-0.3, -0.25) is 0 Å². The molecule has 2 heterocycles. The predicted molar refractivity (Wildman–Crippen MR) is 73.4 cm³/mol. The van der Waals surface area contributed by atoms with Gasteiger partial charge in [0.25, 0.3) is 0 Å². The van der Waals surface area contributed by atoms with Gasteiger partial charge >= 0.3 is 0 Å². The Labute approximate surface area is 112 Å². The Bertz CT molecular complexity index is 508. The van der Waals surface area contributed by atoms with Crippen LogP contribution in [0.1, 0.15) is 42.4 Å². The Morgan fingerprint density at radius 3 is 2.61 bits per heavy atom. The highest BCUT2D eigenvalue weighted by Gasteiger charge is 2.44. The molecule has 2 atom stereocenters. The fourth-order valence-corrected chi connectivity index (χ4v) is 5.23. The Kier molecular flexibility index (Phi) is 2.88. The number of fused-ring (bicyclic) bond motifs is 2. The van der Waals surface area contributed by atoms with Crippen LogP contribution in [0.2, 0.25) is 0 Å². The van der Waals surface area contributed by atoms with Crippen LogP contribution in [0, 0.1) is 18.3 Å². The first kappa shape index (κ1) is 12.1. The summed E-state index contributed by atoms with van der Waals surface area (Å²) in [6.07, 6.45) is 4.14. The fourth-order valence-electron chi connectivity index (χ4n) is 3.40. The van der Waals surface area contributed by atoms with Crippen molar-refractivity contribution in [2.45, 2.75) is 48.7 Å². The van der Waals surface area contributed by atoms with E-state index >= 15 is 0 Å². The van der Waals surface area contributed by atoms with Crippen LogP contribution in [0.4, 0.5) is 0 Å². The lowest BCUT2D eigenvalue weighted by Gasteiger charge is -2.37. The maximum atomic E-state index is 11.0. The molecule has 2 nitrogen and oxygen atoms in total. The quantitative estimate of drug-likeness (QED) is 0.842. The summed E-state index contributed by atoms with van der Waals surface area (Å²) in [6.45, 7) is 1.95. The van der Waals surface area contributed by atoms with Gasteiger partial charge in [-0.2, -0.15) is 17.0 Å². The van der Waals surface area contributed by atoms with E-state index in [-0.39, 0.29) is 0 Å². The summed E-state index contributed by atoms with van der Waals surface area (Å²) >= 11 is 2.04. The van der Waals surface area contributed by atoms with Crippen LogP contribution < -0.4 is 0 Å². The first-order valence-electron chi connectivity index (χ1n) is 6.50. The molecule has 0 saturated carbocycles. The van der Waals surface area contributed by atoms with Gasteiger partial charge in [-0.05, 0) is 49.8 Å². The molecule has 1 N–H and O–H groups in total. The lowest BCUT2D eigenvalue weighted by Crippen LogP contribution is -2.35. The minimum atomic E-state index is -0.714. The third-order valence-corrected chi connectivity index (χ3v) is 5.86. The molecule has 1 aromatic carbocycles. The standard InChI is InChI=1S/C15H17NOS/c1-10-11(9-16)3-2-4-14(10)15(17)7-12-5-6-13(8-15)18-12/h2-4,12-13,17H,5-8H2,1H3. The number of hydrogen-bond donors (Lipinski definition) is 1. The van der Waals surface area contributed by atoms with Crippen molar-refractivity contribution in [1.82, 2.24) is 0 Å². The maximum Gasteiger partial charge on any atom is 0.0994 e. The van der Waals surface area contributed by atoms with Gasteiger partial charge in [-0.25, -0.2) is 0 Å². The number of rotatable bonds is 1. The zero-order chi connectivity index (χ0) is 12.8. The Balaban J connectivity index is 2.02. The summed E-state index contributed by atoms with van der Waals surface area (Å²) in [5.74, 6) is 0. The van der Waals surface area contributed by atoms with Gasteiger partial charge in [-0.15, -0.1) is 0 Å². The first-order chi connectivity index (χ1) is 8.62. The fraction of sp³-hybridized carbons (Fsp3) is 0.533. The molecule has 3 heteroatoms. The minimum Gasteiger partial charge on any atom is -0.385 e. The molecular weight excluding hydrogens is 242 g/mol. The molecule has 1 aromatic rings. The molecular formula is C15H17NOS. The van der Waals surface area contributed by atoms with Gasteiger partial charge in [0.1, 0.15) is 0 Å². The van der Waals surface area contributed by atoms with E-state index in [0.29, 0.717) is 16.1 Å². The van der Waals surface area contributed by atoms with Crippen molar-refractivity contribution in [2.75, 3.05) is 0 Å². The molecule has 0 aromatic heterocycles. The van der Waals surface area contributed by atoms with Crippen molar-refractivity contribution in [3.05, 3.63) is 34.9 Å².